The Kier molecular flexibility index (Phi) is 4.26. The van der Waals surface area contributed by atoms with Crippen LogP contribution >= 0.6 is 0 Å². The highest BCUT2D eigenvalue weighted by atomic mass is 32.2. The molecule has 1 heterocycles. The van der Waals surface area contributed by atoms with E-state index in [0.717, 1.165) is 36.0 Å². The van der Waals surface area contributed by atoms with Crippen molar-refractivity contribution in [3.63, 3.8) is 0 Å². The van der Waals surface area contributed by atoms with Gasteiger partial charge in [0.1, 0.15) is 0 Å². The van der Waals surface area contributed by atoms with E-state index >= 15 is 0 Å². The predicted molar refractivity (Wildman–Crippen MR) is 82.5 cm³/mol. The van der Waals surface area contributed by atoms with E-state index in [1.54, 1.807) is 4.31 Å². The highest BCUT2D eigenvalue weighted by Crippen LogP contribution is 2.32. The molecule has 1 aliphatic heterocycles. The molecule has 0 spiro atoms. The van der Waals surface area contributed by atoms with E-state index in [4.69, 9.17) is 0 Å². The molecular weight excluding hydrogens is 270 g/mol. The maximum Gasteiger partial charge on any atom is 0.244 e. The summed E-state index contributed by atoms with van der Waals surface area (Å²) in [5.41, 5.74) is 2.82. The average Bonchev–Trinajstić information content (AvgIpc) is 2.25. The second-order valence-electron chi connectivity index (χ2n) is 6.19. The Hall–Kier alpha value is -0.870. The number of nitrogens with zero attached hydrogens (tertiary/aromatic N) is 1. The lowest BCUT2D eigenvalue weighted by Gasteiger charge is -2.38. The minimum atomic E-state index is -3.41. The van der Waals surface area contributed by atoms with Crippen molar-refractivity contribution in [3.8, 4) is 0 Å². The molecule has 0 unspecified atom stereocenters. The van der Waals surface area contributed by atoms with Gasteiger partial charge in [0.2, 0.25) is 10.0 Å². The number of aryl methyl sites for hydroxylation is 3. The van der Waals surface area contributed by atoms with E-state index in [1.807, 2.05) is 46.8 Å². The highest BCUT2D eigenvalue weighted by molar-refractivity contribution is 7.89. The predicted octanol–water partition coefficient (Wildman–Crippen LogP) is 3.56. The number of hydrogen-bond acceptors (Lipinski definition) is 2. The fourth-order valence-corrected chi connectivity index (χ4v) is 5.85. The summed E-state index contributed by atoms with van der Waals surface area (Å²) >= 11 is 0. The summed E-state index contributed by atoms with van der Waals surface area (Å²) in [7, 11) is -3.41. The van der Waals surface area contributed by atoms with Crippen LogP contribution in [0, 0.1) is 20.8 Å². The second-order valence-corrected chi connectivity index (χ2v) is 7.97. The third-order valence-electron chi connectivity index (χ3n) is 4.25. The number of piperidine rings is 1. The van der Waals surface area contributed by atoms with Crippen molar-refractivity contribution >= 4 is 10.0 Å². The van der Waals surface area contributed by atoms with Crippen molar-refractivity contribution in [1.82, 2.24) is 4.31 Å². The molecule has 2 atom stereocenters. The molecule has 1 fully saturated rings. The largest absolute Gasteiger partial charge is 0.244 e. The SMILES string of the molecule is Cc1cc(C)c(S(=O)(=O)N2[C@H](C)CCC[C@H]2C)c(C)c1. The van der Waals surface area contributed by atoms with Gasteiger partial charge in [-0.05, 0) is 58.6 Å². The van der Waals surface area contributed by atoms with Crippen LogP contribution in [0.25, 0.3) is 0 Å². The molecule has 4 heteroatoms. The molecule has 20 heavy (non-hydrogen) atoms. The smallest absolute Gasteiger partial charge is 0.207 e. The number of sulfonamides is 1. The van der Waals surface area contributed by atoms with Crippen molar-refractivity contribution < 1.29 is 8.42 Å². The van der Waals surface area contributed by atoms with Gasteiger partial charge in [0.15, 0.2) is 0 Å². The Morgan fingerprint density at radius 2 is 1.45 bits per heavy atom. The number of benzene rings is 1. The van der Waals surface area contributed by atoms with Crippen molar-refractivity contribution in [3.05, 3.63) is 28.8 Å². The van der Waals surface area contributed by atoms with Crippen LogP contribution in [0.3, 0.4) is 0 Å². The Labute approximate surface area is 123 Å². The van der Waals surface area contributed by atoms with Crippen molar-refractivity contribution in [2.24, 2.45) is 0 Å². The van der Waals surface area contributed by atoms with Gasteiger partial charge < -0.3 is 0 Å². The average molecular weight is 295 g/mol. The summed E-state index contributed by atoms with van der Waals surface area (Å²) in [5.74, 6) is 0. The lowest BCUT2D eigenvalue weighted by molar-refractivity contribution is 0.204. The molecule has 0 radical (unpaired) electrons. The third kappa shape index (κ3) is 2.63. The minimum Gasteiger partial charge on any atom is -0.207 e. The van der Waals surface area contributed by atoms with Gasteiger partial charge in [0.25, 0.3) is 0 Å². The molecular formula is C16H25NO2S. The van der Waals surface area contributed by atoms with E-state index in [2.05, 4.69) is 0 Å². The standard InChI is InChI=1S/C16H25NO2S/c1-11-9-12(2)16(13(3)10-11)20(18,19)17-14(4)7-6-8-15(17)5/h9-10,14-15H,6-8H2,1-5H3/t14-,15-/m1/s1. The molecule has 2 rings (SSSR count). The second kappa shape index (κ2) is 5.49. The maximum absolute atomic E-state index is 13.1. The molecule has 1 aromatic rings. The van der Waals surface area contributed by atoms with Crippen molar-refractivity contribution in [1.29, 1.82) is 0 Å². The summed E-state index contributed by atoms with van der Waals surface area (Å²) in [5, 5.41) is 0. The van der Waals surface area contributed by atoms with E-state index in [-0.39, 0.29) is 12.1 Å². The van der Waals surface area contributed by atoms with Crippen molar-refractivity contribution in [2.45, 2.75) is 70.9 Å². The number of rotatable bonds is 2. The van der Waals surface area contributed by atoms with Gasteiger partial charge in [-0.2, -0.15) is 4.31 Å². The van der Waals surface area contributed by atoms with Crippen LogP contribution in [-0.4, -0.2) is 24.8 Å². The zero-order chi connectivity index (χ0) is 15.1. The Balaban J connectivity index is 2.55. The fraction of sp³-hybridized carbons (Fsp3) is 0.625. The van der Waals surface area contributed by atoms with E-state index in [0.29, 0.717) is 4.90 Å². The highest BCUT2D eigenvalue weighted by Gasteiger charge is 2.37. The van der Waals surface area contributed by atoms with Crippen LogP contribution in [0.15, 0.2) is 17.0 Å². The summed E-state index contributed by atoms with van der Waals surface area (Å²) in [6.45, 7) is 9.83. The quantitative estimate of drug-likeness (QED) is 0.836. The first-order chi connectivity index (χ1) is 9.25. The van der Waals surface area contributed by atoms with Crippen LogP contribution in [0.2, 0.25) is 0 Å². The normalized spacial score (nSPS) is 24.9. The Morgan fingerprint density at radius 1 is 1.00 bits per heavy atom. The minimum absolute atomic E-state index is 0.0869. The van der Waals surface area contributed by atoms with Gasteiger partial charge in [0.05, 0.1) is 4.90 Å². The van der Waals surface area contributed by atoms with E-state index in [1.165, 1.54) is 0 Å². The van der Waals surface area contributed by atoms with Crippen molar-refractivity contribution in [2.75, 3.05) is 0 Å². The molecule has 0 aliphatic carbocycles. The van der Waals surface area contributed by atoms with Gasteiger partial charge in [-0.15, -0.1) is 0 Å². The monoisotopic (exact) mass is 295 g/mol. The lowest BCUT2D eigenvalue weighted by atomic mass is 10.0. The van der Waals surface area contributed by atoms with Crippen LogP contribution in [0.5, 0.6) is 0 Å². The summed E-state index contributed by atoms with van der Waals surface area (Å²) in [4.78, 5) is 0.503. The topological polar surface area (TPSA) is 37.4 Å². The summed E-state index contributed by atoms with van der Waals surface area (Å²) < 4.78 is 27.9. The molecule has 1 aromatic carbocycles. The molecule has 0 saturated carbocycles. The lowest BCUT2D eigenvalue weighted by Crippen LogP contribution is -2.47. The van der Waals surface area contributed by atoms with Crippen LogP contribution in [-0.2, 0) is 10.0 Å². The molecule has 0 N–H and O–H groups in total. The summed E-state index contributed by atoms with van der Waals surface area (Å²) in [6, 6.07) is 4.09. The van der Waals surface area contributed by atoms with Gasteiger partial charge in [0, 0.05) is 12.1 Å². The maximum atomic E-state index is 13.1. The van der Waals surface area contributed by atoms with Crippen LogP contribution < -0.4 is 0 Å². The Morgan fingerprint density at radius 3 is 1.90 bits per heavy atom. The van der Waals surface area contributed by atoms with Gasteiger partial charge in [-0.3, -0.25) is 0 Å². The zero-order valence-corrected chi connectivity index (χ0v) is 13.9. The molecule has 0 aromatic heterocycles. The molecule has 1 aliphatic rings. The first kappa shape index (κ1) is 15.5. The first-order valence-corrected chi connectivity index (χ1v) is 8.80. The molecule has 3 nitrogen and oxygen atoms in total. The fourth-order valence-electron chi connectivity index (χ4n) is 3.55. The molecule has 0 amide bonds. The van der Waals surface area contributed by atoms with Crippen LogP contribution in [0.1, 0.15) is 49.8 Å². The van der Waals surface area contributed by atoms with Gasteiger partial charge in [-0.25, -0.2) is 8.42 Å². The Bertz CT molecular complexity index is 574. The molecule has 1 saturated heterocycles. The summed E-state index contributed by atoms with van der Waals surface area (Å²) in [6.07, 6.45) is 3.02. The third-order valence-corrected chi connectivity index (χ3v) is 6.69. The van der Waals surface area contributed by atoms with E-state index < -0.39 is 10.0 Å². The number of hydrogen-bond donors (Lipinski definition) is 0. The molecule has 0 bridgehead atoms. The first-order valence-electron chi connectivity index (χ1n) is 7.36. The van der Waals surface area contributed by atoms with Gasteiger partial charge >= 0.3 is 0 Å². The molecule has 112 valence electrons. The zero-order valence-electron chi connectivity index (χ0n) is 13.1. The van der Waals surface area contributed by atoms with Gasteiger partial charge in [-0.1, -0.05) is 24.1 Å². The van der Waals surface area contributed by atoms with Crippen LogP contribution in [0.4, 0.5) is 0 Å². The van der Waals surface area contributed by atoms with E-state index in [9.17, 15) is 8.42 Å².